The number of nitrogens with zero attached hydrogens (tertiary/aromatic N) is 2. The average Bonchev–Trinajstić information content (AvgIpc) is 3.07. The van der Waals surface area contributed by atoms with E-state index in [4.69, 9.17) is 9.47 Å². The SMILES string of the molecule is O=C(NC1CN(C(=O)Nc2ccccc2)CCCC1O)c1ccc(OCCN2CCOCC2)cc1. The molecule has 2 atom stereocenters. The summed E-state index contributed by atoms with van der Waals surface area (Å²) in [6, 6.07) is 15.4. The summed E-state index contributed by atoms with van der Waals surface area (Å²) < 4.78 is 11.2. The molecule has 0 aliphatic carbocycles. The number of benzene rings is 2. The maximum absolute atomic E-state index is 12.9. The largest absolute Gasteiger partial charge is 0.492 e. The molecule has 2 fully saturated rings. The molecule has 2 aromatic rings. The van der Waals surface area contributed by atoms with Gasteiger partial charge in [0.25, 0.3) is 5.91 Å². The van der Waals surface area contributed by atoms with E-state index in [0.717, 1.165) is 32.8 Å². The molecule has 9 nitrogen and oxygen atoms in total. The number of aliphatic hydroxyl groups is 1. The predicted molar refractivity (Wildman–Crippen MR) is 133 cm³/mol. The molecule has 2 aromatic carbocycles. The van der Waals surface area contributed by atoms with Gasteiger partial charge in [0.15, 0.2) is 0 Å². The maximum Gasteiger partial charge on any atom is 0.321 e. The van der Waals surface area contributed by atoms with Crippen LogP contribution in [0.4, 0.5) is 10.5 Å². The zero-order valence-electron chi connectivity index (χ0n) is 19.9. The van der Waals surface area contributed by atoms with Gasteiger partial charge in [-0.2, -0.15) is 0 Å². The summed E-state index contributed by atoms with van der Waals surface area (Å²) in [7, 11) is 0. The highest BCUT2D eigenvalue weighted by molar-refractivity contribution is 5.94. The van der Waals surface area contributed by atoms with Gasteiger partial charge in [-0.3, -0.25) is 9.69 Å². The van der Waals surface area contributed by atoms with E-state index in [1.165, 1.54) is 0 Å². The van der Waals surface area contributed by atoms with E-state index in [9.17, 15) is 14.7 Å². The second kappa shape index (κ2) is 12.5. The molecule has 3 amide bonds. The Morgan fingerprint density at radius 3 is 2.51 bits per heavy atom. The van der Waals surface area contributed by atoms with E-state index in [-0.39, 0.29) is 18.5 Å². The molecule has 2 unspecified atom stereocenters. The van der Waals surface area contributed by atoms with Crippen LogP contribution in [-0.4, -0.2) is 91.5 Å². The number of urea groups is 1. The predicted octanol–water partition coefficient (Wildman–Crippen LogP) is 2.18. The van der Waals surface area contributed by atoms with Crippen LogP contribution >= 0.6 is 0 Å². The molecule has 35 heavy (non-hydrogen) atoms. The first-order valence-electron chi connectivity index (χ1n) is 12.2. The van der Waals surface area contributed by atoms with Crippen LogP contribution < -0.4 is 15.4 Å². The quantitative estimate of drug-likeness (QED) is 0.559. The molecule has 0 radical (unpaired) electrons. The fourth-order valence-corrected chi connectivity index (χ4v) is 4.26. The Morgan fingerprint density at radius 1 is 1.03 bits per heavy atom. The van der Waals surface area contributed by atoms with Crippen molar-refractivity contribution in [2.75, 3.05) is 57.9 Å². The van der Waals surface area contributed by atoms with E-state index in [2.05, 4.69) is 15.5 Å². The highest BCUT2D eigenvalue weighted by atomic mass is 16.5. The van der Waals surface area contributed by atoms with Crippen LogP contribution in [0, 0.1) is 0 Å². The van der Waals surface area contributed by atoms with E-state index in [1.807, 2.05) is 30.3 Å². The van der Waals surface area contributed by atoms with Crippen molar-refractivity contribution < 1.29 is 24.2 Å². The number of ether oxygens (including phenoxy) is 2. The number of morpholine rings is 1. The minimum Gasteiger partial charge on any atom is -0.492 e. The summed E-state index contributed by atoms with van der Waals surface area (Å²) in [6.45, 7) is 5.50. The van der Waals surface area contributed by atoms with E-state index in [1.54, 1.807) is 29.2 Å². The van der Waals surface area contributed by atoms with Crippen molar-refractivity contribution >= 4 is 17.6 Å². The molecule has 0 spiro atoms. The zero-order valence-corrected chi connectivity index (χ0v) is 19.9. The molecule has 2 saturated heterocycles. The number of carbonyl (C=O) groups excluding carboxylic acids is 2. The molecule has 188 valence electrons. The minimum absolute atomic E-state index is 0.230. The first-order chi connectivity index (χ1) is 17.1. The van der Waals surface area contributed by atoms with Crippen molar-refractivity contribution in [1.82, 2.24) is 15.1 Å². The lowest BCUT2D eigenvalue weighted by Crippen LogP contribution is -2.50. The number of rotatable bonds is 7. The van der Waals surface area contributed by atoms with Crippen molar-refractivity contribution in [1.29, 1.82) is 0 Å². The normalized spacial score (nSPS) is 21.1. The first kappa shape index (κ1) is 25.0. The lowest BCUT2D eigenvalue weighted by atomic mass is 10.1. The van der Waals surface area contributed by atoms with Crippen molar-refractivity contribution in [3.63, 3.8) is 0 Å². The number of likely N-dealkylation sites (tertiary alicyclic amines) is 1. The number of hydrogen-bond donors (Lipinski definition) is 3. The van der Waals surface area contributed by atoms with Gasteiger partial charge in [-0.15, -0.1) is 0 Å². The van der Waals surface area contributed by atoms with Crippen LogP contribution in [0.1, 0.15) is 23.2 Å². The number of nitrogens with one attached hydrogen (secondary N) is 2. The highest BCUT2D eigenvalue weighted by Gasteiger charge is 2.29. The van der Waals surface area contributed by atoms with Crippen LogP contribution in [0.25, 0.3) is 0 Å². The van der Waals surface area contributed by atoms with Crippen LogP contribution in [0.3, 0.4) is 0 Å². The number of amides is 3. The lowest BCUT2D eigenvalue weighted by Gasteiger charge is -2.27. The summed E-state index contributed by atoms with van der Waals surface area (Å²) in [5.74, 6) is 0.410. The molecule has 3 N–H and O–H groups in total. The Balaban J connectivity index is 1.28. The third-order valence-electron chi connectivity index (χ3n) is 6.33. The fraction of sp³-hybridized carbons (Fsp3) is 0.462. The Hall–Kier alpha value is -3.14. The van der Waals surface area contributed by atoms with Crippen LogP contribution in [0.2, 0.25) is 0 Å². The van der Waals surface area contributed by atoms with E-state index >= 15 is 0 Å². The zero-order chi connectivity index (χ0) is 24.5. The summed E-state index contributed by atoms with van der Waals surface area (Å²) in [6.07, 6.45) is 0.443. The lowest BCUT2D eigenvalue weighted by molar-refractivity contribution is 0.0322. The second-order valence-electron chi connectivity index (χ2n) is 8.86. The topological polar surface area (TPSA) is 103 Å². The molecular formula is C26H34N4O5. The van der Waals surface area contributed by atoms with Gasteiger partial charge >= 0.3 is 6.03 Å². The van der Waals surface area contributed by atoms with Gasteiger partial charge in [0.1, 0.15) is 12.4 Å². The Labute approximate surface area is 206 Å². The third kappa shape index (κ3) is 7.42. The van der Waals surface area contributed by atoms with Gasteiger partial charge in [0, 0.05) is 44.0 Å². The summed E-state index contributed by atoms with van der Waals surface area (Å²) in [5, 5.41) is 16.4. The standard InChI is InChI=1S/C26H34N4O5/c31-24-7-4-12-30(26(33)27-21-5-2-1-3-6-21)19-23(24)28-25(32)20-8-10-22(11-9-20)35-18-15-29-13-16-34-17-14-29/h1-3,5-6,8-11,23-24,31H,4,7,12-19H2,(H,27,33)(H,28,32). The molecule has 0 bridgehead atoms. The van der Waals surface area contributed by atoms with Gasteiger partial charge in [-0.25, -0.2) is 4.79 Å². The molecule has 0 aromatic heterocycles. The molecule has 2 aliphatic heterocycles. The third-order valence-corrected chi connectivity index (χ3v) is 6.33. The van der Waals surface area contributed by atoms with Crippen molar-refractivity contribution in [2.24, 2.45) is 0 Å². The molecule has 0 saturated carbocycles. The van der Waals surface area contributed by atoms with Crippen molar-refractivity contribution in [2.45, 2.75) is 25.0 Å². The Kier molecular flexibility index (Phi) is 8.94. The average molecular weight is 483 g/mol. The van der Waals surface area contributed by atoms with E-state index < -0.39 is 12.1 Å². The van der Waals surface area contributed by atoms with Crippen molar-refractivity contribution in [3.05, 3.63) is 60.2 Å². The number of hydrogen-bond acceptors (Lipinski definition) is 6. The minimum atomic E-state index is -0.726. The monoisotopic (exact) mass is 482 g/mol. The number of para-hydroxylation sites is 1. The van der Waals surface area contributed by atoms with Crippen molar-refractivity contribution in [3.8, 4) is 5.75 Å². The first-order valence-corrected chi connectivity index (χ1v) is 12.2. The Bertz CT molecular complexity index is 950. The summed E-state index contributed by atoms with van der Waals surface area (Å²) >= 11 is 0. The van der Waals surface area contributed by atoms with E-state index in [0.29, 0.717) is 43.0 Å². The molecule has 4 rings (SSSR count). The van der Waals surface area contributed by atoms with Gasteiger partial charge in [-0.05, 0) is 49.2 Å². The van der Waals surface area contributed by atoms with Gasteiger partial charge < -0.3 is 30.1 Å². The summed E-state index contributed by atoms with van der Waals surface area (Å²) in [4.78, 5) is 29.6. The number of carbonyl (C=O) groups is 2. The van der Waals surface area contributed by atoms with Gasteiger partial charge in [0.05, 0.1) is 25.4 Å². The number of aliphatic hydroxyl groups excluding tert-OH is 1. The smallest absolute Gasteiger partial charge is 0.321 e. The van der Waals surface area contributed by atoms with Gasteiger partial charge in [0.2, 0.25) is 0 Å². The highest BCUT2D eigenvalue weighted by Crippen LogP contribution is 2.16. The molecular weight excluding hydrogens is 448 g/mol. The number of anilines is 1. The molecule has 9 heteroatoms. The van der Waals surface area contributed by atoms with Crippen LogP contribution in [-0.2, 0) is 4.74 Å². The van der Waals surface area contributed by atoms with Crippen LogP contribution in [0.15, 0.2) is 54.6 Å². The Morgan fingerprint density at radius 2 is 1.77 bits per heavy atom. The molecule has 2 aliphatic rings. The maximum atomic E-state index is 12.9. The fourth-order valence-electron chi connectivity index (χ4n) is 4.26. The summed E-state index contributed by atoms with van der Waals surface area (Å²) in [5.41, 5.74) is 1.18. The van der Waals surface area contributed by atoms with Gasteiger partial charge in [-0.1, -0.05) is 18.2 Å². The molecule has 2 heterocycles. The second-order valence-corrected chi connectivity index (χ2v) is 8.86. The van der Waals surface area contributed by atoms with Crippen LogP contribution in [0.5, 0.6) is 5.75 Å².